The fourth-order valence-corrected chi connectivity index (χ4v) is 2.63. The van der Waals surface area contributed by atoms with Crippen LogP contribution in [0, 0.1) is 6.92 Å². The van der Waals surface area contributed by atoms with E-state index in [1.54, 1.807) is 0 Å². The Hall–Kier alpha value is -0.640. The highest BCUT2D eigenvalue weighted by Crippen LogP contribution is 2.28. The number of nitrogen functional groups attached to an aromatic ring is 1. The predicted molar refractivity (Wildman–Crippen MR) is 67.3 cm³/mol. The van der Waals surface area contributed by atoms with E-state index in [0.717, 1.165) is 28.7 Å². The zero-order chi connectivity index (χ0) is 11.3. The van der Waals surface area contributed by atoms with Crippen LogP contribution in [0.4, 0.5) is 5.69 Å². The van der Waals surface area contributed by atoms with Gasteiger partial charge in [-0.05, 0) is 26.0 Å². The van der Waals surface area contributed by atoms with Crippen molar-refractivity contribution < 1.29 is 0 Å². The van der Waals surface area contributed by atoms with Crippen LogP contribution in [-0.2, 0) is 6.54 Å². The maximum atomic E-state index is 5.99. The number of hydrogen-bond acceptors (Lipinski definition) is 3. The summed E-state index contributed by atoms with van der Waals surface area (Å²) in [6.07, 6.45) is 3.82. The predicted octanol–water partition coefficient (Wildman–Crippen LogP) is 3.08. The van der Waals surface area contributed by atoms with Gasteiger partial charge in [-0.3, -0.25) is 4.68 Å². The van der Waals surface area contributed by atoms with E-state index in [-0.39, 0.29) is 0 Å². The summed E-state index contributed by atoms with van der Waals surface area (Å²) < 4.78 is 2.00. The van der Waals surface area contributed by atoms with E-state index in [1.807, 2.05) is 23.4 Å². The van der Waals surface area contributed by atoms with Gasteiger partial charge in [-0.2, -0.15) is 5.10 Å². The minimum atomic E-state index is 0.860. The normalized spacial score (nSPS) is 10.9. The Labute approximate surface area is 96.4 Å². The number of nitrogens with zero attached hydrogens (tertiary/aromatic N) is 2. The number of anilines is 1. The molecular weight excluding hydrogens is 206 g/mol. The number of nitrogens with two attached hydrogens (primary N) is 1. The molecule has 3 nitrogen and oxygen atoms in total. The number of aromatic nitrogens is 2. The second-order valence-corrected chi connectivity index (χ2v) is 4.76. The highest BCUT2D eigenvalue weighted by Gasteiger charge is 2.11. The van der Waals surface area contributed by atoms with E-state index in [1.165, 1.54) is 19.3 Å². The van der Waals surface area contributed by atoms with Gasteiger partial charge in [-0.25, -0.2) is 0 Å². The zero-order valence-corrected chi connectivity index (χ0v) is 10.7. The van der Waals surface area contributed by atoms with Gasteiger partial charge < -0.3 is 5.73 Å². The van der Waals surface area contributed by atoms with Crippen molar-refractivity contribution in [3.63, 3.8) is 0 Å². The van der Waals surface area contributed by atoms with E-state index in [0.29, 0.717) is 0 Å². The molecule has 0 spiro atoms. The first-order chi connectivity index (χ1) is 7.20. The van der Waals surface area contributed by atoms with Gasteiger partial charge in [0.1, 0.15) is 5.03 Å². The Bertz CT molecular complexity index is 307. The second kappa shape index (κ2) is 6.05. The average Bonchev–Trinajstić information content (AvgIpc) is 2.51. The third-order valence-corrected chi connectivity index (χ3v) is 3.61. The van der Waals surface area contributed by atoms with Crippen molar-refractivity contribution in [2.45, 2.75) is 51.6 Å². The van der Waals surface area contributed by atoms with Gasteiger partial charge in [0.15, 0.2) is 0 Å². The molecule has 0 aliphatic rings. The van der Waals surface area contributed by atoms with Crippen LogP contribution in [0.25, 0.3) is 0 Å². The Balaban J connectivity index is 2.58. The summed E-state index contributed by atoms with van der Waals surface area (Å²) in [5.41, 5.74) is 7.80. The van der Waals surface area contributed by atoms with Gasteiger partial charge in [0.05, 0.1) is 11.4 Å². The third-order valence-electron chi connectivity index (χ3n) is 2.41. The van der Waals surface area contributed by atoms with Crippen LogP contribution in [0.1, 0.15) is 38.8 Å². The smallest absolute Gasteiger partial charge is 0.117 e. The van der Waals surface area contributed by atoms with Gasteiger partial charge in [-0.1, -0.05) is 19.8 Å². The van der Waals surface area contributed by atoms with E-state index in [9.17, 15) is 0 Å². The van der Waals surface area contributed by atoms with Crippen molar-refractivity contribution in [3.8, 4) is 0 Å². The summed E-state index contributed by atoms with van der Waals surface area (Å²) >= 11 is 1.83. The lowest BCUT2D eigenvalue weighted by molar-refractivity contribution is 0.602. The molecule has 86 valence electrons. The summed E-state index contributed by atoms with van der Waals surface area (Å²) in [6, 6.07) is 0. The number of hydrogen-bond donors (Lipinski definition) is 1. The lowest BCUT2D eigenvalue weighted by Gasteiger charge is -2.04. The zero-order valence-electron chi connectivity index (χ0n) is 9.92. The van der Waals surface area contributed by atoms with Crippen LogP contribution in [0.2, 0.25) is 0 Å². The molecule has 1 aromatic heterocycles. The van der Waals surface area contributed by atoms with Crippen LogP contribution in [0.15, 0.2) is 5.03 Å². The minimum absolute atomic E-state index is 0.860. The molecular formula is C11H21N3S. The molecule has 0 aliphatic carbocycles. The summed E-state index contributed by atoms with van der Waals surface area (Å²) in [5, 5.41) is 5.54. The third kappa shape index (κ3) is 3.16. The summed E-state index contributed by atoms with van der Waals surface area (Å²) in [5.74, 6) is 1.14. The molecule has 1 rings (SSSR count). The molecule has 0 unspecified atom stereocenters. The largest absolute Gasteiger partial charge is 0.395 e. The number of unbranched alkanes of at least 4 members (excludes halogenated alkanes) is 2. The second-order valence-electron chi connectivity index (χ2n) is 3.68. The number of rotatable bonds is 6. The summed E-state index contributed by atoms with van der Waals surface area (Å²) in [4.78, 5) is 0. The first-order valence-electron chi connectivity index (χ1n) is 5.66. The molecule has 4 heteroatoms. The monoisotopic (exact) mass is 227 g/mol. The van der Waals surface area contributed by atoms with Crippen LogP contribution >= 0.6 is 11.8 Å². The minimum Gasteiger partial charge on any atom is -0.395 e. The molecule has 0 aromatic carbocycles. The Kier molecular flexibility index (Phi) is 5.02. The van der Waals surface area contributed by atoms with Crippen molar-refractivity contribution in [2.24, 2.45) is 0 Å². The highest BCUT2D eigenvalue weighted by molar-refractivity contribution is 7.99. The Morgan fingerprint density at radius 1 is 1.33 bits per heavy atom. The van der Waals surface area contributed by atoms with Gasteiger partial charge >= 0.3 is 0 Å². The molecule has 1 aromatic rings. The van der Waals surface area contributed by atoms with Crippen LogP contribution in [-0.4, -0.2) is 15.5 Å². The van der Waals surface area contributed by atoms with Gasteiger partial charge in [0, 0.05) is 6.54 Å². The topological polar surface area (TPSA) is 43.8 Å². The first kappa shape index (κ1) is 12.4. The van der Waals surface area contributed by atoms with Crippen molar-refractivity contribution in [1.29, 1.82) is 0 Å². The van der Waals surface area contributed by atoms with Crippen LogP contribution in [0.3, 0.4) is 0 Å². The standard InChI is InChI=1S/C11H21N3S/c1-4-6-7-8-15-11-10(12)9(3)13-14(11)5-2/h4-8,12H2,1-3H3. The molecule has 0 radical (unpaired) electrons. The van der Waals surface area contributed by atoms with E-state index in [2.05, 4.69) is 18.9 Å². The van der Waals surface area contributed by atoms with Crippen molar-refractivity contribution in [1.82, 2.24) is 9.78 Å². The maximum absolute atomic E-state index is 5.99. The fourth-order valence-electron chi connectivity index (χ4n) is 1.46. The number of aryl methyl sites for hydroxylation is 2. The molecule has 15 heavy (non-hydrogen) atoms. The molecule has 0 saturated carbocycles. The van der Waals surface area contributed by atoms with Gasteiger partial charge in [-0.15, -0.1) is 11.8 Å². The molecule has 0 bridgehead atoms. The van der Waals surface area contributed by atoms with Crippen LogP contribution in [0.5, 0.6) is 0 Å². The Morgan fingerprint density at radius 3 is 2.67 bits per heavy atom. The lowest BCUT2D eigenvalue weighted by atomic mass is 10.3. The average molecular weight is 227 g/mol. The Morgan fingerprint density at radius 2 is 2.07 bits per heavy atom. The number of thioether (sulfide) groups is 1. The maximum Gasteiger partial charge on any atom is 0.117 e. The van der Waals surface area contributed by atoms with E-state index >= 15 is 0 Å². The van der Waals surface area contributed by atoms with Crippen molar-refractivity contribution in [2.75, 3.05) is 11.5 Å². The van der Waals surface area contributed by atoms with Gasteiger partial charge in [0.25, 0.3) is 0 Å². The van der Waals surface area contributed by atoms with Crippen LogP contribution < -0.4 is 5.73 Å². The summed E-state index contributed by atoms with van der Waals surface area (Å²) in [7, 11) is 0. The molecule has 0 fully saturated rings. The highest BCUT2D eigenvalue weighted by atomic mass is 32.2. The van der Waals surface area contributed by atoms with Crippen molar-refractivity contribution >= 4 is 17.4 Å². The molecule has 0 saturated heterocycles. The molecule has 2 N–H and O–H groups in total. The van der Waals surface area contributed by atoms with E-state index < -0.39 is 0 Å². The molecule has 0 amide bonds. The summed E-state index contributed by atoms with van der Waals surface area (Å²) in [6.45, 7) is 7.19. The SMILES string of the molecule is CCCCCSc1c(N)c(C)nn1CC. The molecule has 0 atom stereocenters. The van der Waals surface area contributed by atoms with E-state index in [4.69, 9.17) is 5.73 Å². The van der Waals surface area contributed by atoms with Gasteiger partial charge in [0.2, 0.25) is 0 Å². The lowest BCUT2D eigenvalue weighted by Crippen LogP contribution is -1.99. The van der Waals surface area contributed by atoms with Crippen molar-refractivity contribution in [3.05, 3.63) is 5.69 Å². The quantitative estimate of drug-likeness (QED) is 0.600. The first-order valence-corrected chi connectivity index (χ1v) is 6.64. The molecule has 1 heterocycles. The molecule has 0 aliphatic heterocycles. The fraction of sp³-hybridized carbons (Fsp3) is 0.727.